The number of benzene rings is 1. The SMILES string of the molecule is CC(Nc1ccc(Cl)cc1C(=O)O)C(C)(C)C. The molecule has 1 atom stereocenters. The second-order valence-electron chi connectivity index (χ2n) is 5.23. The molecule has 0 radical (unpaired) electrons. The highest BCUT2D eigenvalue weighted by molar-refractivity contribution is 6.31. The average Bonchev–Trinajstić information content (AvgIpc) is 2.18. The molecule has 1 unspecified atom stereocenters. The molecule has 94 valence electrons. The third kappa shape index (κ3) is 3.63. The van der Waals surface area contributed by atoms with E-state index in [-0.39, 0.29) is 17.0 Å². The number of hydrogen-bond donors (Lipinski definition) is 2. The first kappa shape index (κ1) is 13.8. The molecule has 3 nitrogen and oxygen atoms in total. The van der Waals surface area contributed by atoms with Gasteiger partial charge < -0.3 is 10.4 Å². The summed E-state index contributed by atoms with van der Waals surface area (Å²) in [6.07, 6.45) is 0. The highest BCUT2D eigenvalue weighted by Gasteiger charge is 2.21. The molecule has 4 heteroatoms. The number of halogens is 1. The van der Waals surface area contributed by atoms with E-state index in [2.05, 4.69) is 26.1 Å². The molecule has 0 fully saturated rings. The van der Waals surface area contributed by atoms with Crippen LogP contribution in [0, 0.1) is 5.41 Å². The van der Waals surface area contributed by atoms with Gasteiger partial charge in [-0.05, 0) is 30.5 Å². The van der Waals surface area contributed by atoms with Crippen molar-refractivity contribution in [2.45, 2.75) is 33.7 Å². The van der Waals surface area contributed by atoms with Crippen LogP contribution in [0.4, 0.5) is 5.69 Å². The van der Waals surface area contributed by atoms with Crippen molar-refractivity contribution in [2.75, 3.05) is 5.32 Å². The number of anilines is 1. The first-order chi connectivity index (χ1) is 7.71. The third-order valence-corrected chi connectivity index (χ3v) is 3.12. The van der Waals surface area contributed by atoms with E-state index in [1.807, 2.05) is 6.92 Å². The predicted molar refractivity (Wildman–Crippen MR) is 71.0 cm³/mol. The summed E-state index contributed by atoms with van der Waals surface area (Å²) in [5.41, 5.74) is 0.855. The summed E-state index contributed by atoms with van der Waals surface area (Å²) >= 11 is 5.80. The second-order valence-corrected chi connectivity index (χ2v) is 5.66. The van der Waals surface area contributed by atoms with Gasteiger partial charge in [-0.25, -0.2) is 4.79 Å². The largest absolute Gasteiger partial charge is 0.478 e. The lowest BCUT2D eigenvalue weighted by molar-refractivity contribution is 0.0697. The van der Waals surface area contributed by atoms with Crippen LogP contribution < -0.4 is 5.32 Å². The molecular formula is C13H18ClNO2. The minimum atomic E-state index is -0.976. The van der Waals surface area contributed by atoms with Crippen molar-refractivity contribution in [1.29, 1.82) is 0 Å². The van der Waals surface area contributed by atoms with Crippen LogP contribution in [0.2, 0.25) is 5.02 Å². The Bertz CT molecular complexity index is 424. The Kier molecular flexibility index (Phi) is 4.04. The average molecular weight is 256 g/mol. The van der Waals surface area contributed by atoms with Crippen LogP contribution in [-0.2, 0) is 0 Å². The Labute approximate surface area is 107 Å². The van der Waals surface area contributed by atoms with Gasteiger partial charge in [-0.15, -0.1) is 0 Å². The van der Waals surface area contributed by atoms with Crippen LogP contribution in [0.5, 0.6) is 0 Å². The van der Waals surface area contributed by atoms with E-state index >= 15 is 0 Å². The van der Waals surface area contributed by atoms with E-state index in [1.54, 1.807) is 12.1 Å². The molecule has 1 aromatic rings. The molecule has 0 spiro atoms. The van der Waals surface area contributed by atoms with Crippen molar-refractivity contribution in [3.63, 3.8) is 0 Å². The van der Waals surface area contributed by atoms with E-state index in [0.717, 1.165) is 0 Å². The Hall–Kier alpha value is -1.22. The monoisotopic (exact) mass is 255 g/mol. The first-order valence-corrected chi connectivity index (χ1v) is 5.89. The summed E-state index contributed by atoms with van der Waals surface area (Å²) in [4.78, 5) is 11.1. The van der Waals surface area contributed by atoms with Crippen LogP contribution in [0.3, 0.4) is 0 Å². The lowest BCUT2D eigenvalue weighted by Gasteiger charge is -2.29. The number of carboxylic acid groups (broad SMARTS) is 1. The fraction of sp³-hybridized carbons (Fsp3) is 0.462. The Balaban J connectivity index is 3.03. The van der Waals surface area contributed by atoms with Crippen molar-refractivity contribution in [2.24, 2.45) is 5.41 Å². The number of rotatable bonds is 3. The van der Waals surface area contributed by atoms with Crippen LogP contribution in [0.15, 0.2) is 18.2 Å². The lowest BCUT2D eigenvalue weighted by Crippen LogP contribution is -2.31. The van der Waals surface area contributed by atoms with Crippen LogP contribution >= 0.6 is 11.6 Å². The molecule has 0 aliphatic rings. The van der Waals surface area contributed by atoms with Gasteiger partial charge in [-0.2, -0.15) is 0 Å². The van der Waals surface area contributed by atoms with Crippen LogP contribution in [-0.4, -0.2) is 17.1 Å². The summed E-state index contributed by atoms with van der Waals surface area (Å²) in [6.45, 7) is 8.32. The molecule has 0 aliphatic heterocycles. The van der Waals surface area contributed by atoms with Gasteiger partial charge in [0.05, 0.1) is 5.56 Å². The van der Waals surface area contributed by atoms with Crippen molar-refractivity contribution in [3.05, 3.63) is 28.8 Å². The van der Waals surface area contributed by atoms with E-state index < -0.39 is 5.97 Å². The summed E-state index contributed by atoms with van der Waals surface area (Å²) < 4.78 is 0. The van der Waals surface area contributed by atoms with Crippen molar-refractivity contribution in [1.82, 2.24) is 0 Å². The minimum Gasteiger partial charge on any atom is -0.478 e. The Morgan fingerprint density at radius 3 is 2.47 bits per heavy atom. The fourth-order valence-corrected chi connectivity index (χ4v) is 1.44. The molecular weight excluding hydrogens is 238 g/mol. The lowest BCUT2D eigenvalue weighted by atomic mass is 9.88. The van der Waals surface area contributed by atoms with Gasteiger partial charge in [0, 0.05) is 16.8 Å². The van der Waals surface area contributed by atoms with Crippen molar-refractivity contribution in [3.8, 4) is 0 Å². The van der Waals surface area contributed by atoms with E-state index in [9.17, 15) is 4.79 Å². The maximum atomic E-state index is 11.1. The Morgan fingerprint density at radius 1 is 1.41 bits per heavy atom. The normalized spacial score (nSPS) is 13.2. The van der Waals surface area contributed by atoms with Gasteiger partial charge in [0.1, 0.15) is 0 Å². The maximum Gasteiger partial charge on any atom is 0.337 e. The number of nitrogens with one attached hydrogen (secondary N) is 1. The number of carboxylic acids is 1. The minimum absolute atomic E-state index is 0.0510. The van der Waals surface area contributed by atoms with Crippen molar-refractivity contribution >= 4 is 23.3 Å². The molecule has 2 N–H and O–H groups in total. The maximum absolute atomic E-state index is 11.1. The van der Waals surface area contributed by atoms with Gasteiger partial charge in [-0.3, -0.25) is 0 Å². The van der Waals surface area contributed by atoms with Gasteiger partial charge in [0.2, 0.25) is 0 Å². The summed E-state index contributed by atoms with van der Waals surface area (Å²) in [5.74, 6) is -0.976. The summed E-state index contributed by atoms with van der Waals surface area (Å²) in [5, 5.41) is 12.8. The highest BCUT2D eigenvalue weighted by atomic mass is 35.5. The molecule has 0 aliphatic carbocycles. The van der Waals surface area contributed by atoms with Crippen LogP contribution in [0.25, 0.3) is 0 Å². The molecule has 0 bridgehead atoms. The number of hydrogen-bond acceptors (Lipinski definition) is 2. The zero-order valence-corrected chi connectivity index (χ0v) is 11.3. The van der Waals surface area contributed by atoms with Gasteiger partial charge in [0.25, 0.3) is 0 Å². The number of aromatic carboxylic acids is 1. The number of carbonyl (C=O) groups is 1. The van der Waals surface area contributed by atoms with E-state index in [4.69, 9.17) is 16.7 Å². The van der Waals surface area contributed by atoms with Gasteiger partial charge >= 0.3 is 5.97 Å². The fourth-order valence-electron chi connectivity index (χ4n) is 1.27. The topological polar surface area (TPSA) is 49.3 Å². The first-order valence-electron chi connectivity index (χ1n) is 5.51. The highest BCUT2D eigenvalue weighted by Crippen LogP contribution is 2.26. The molecule has 0 amide bonds. The third-order valence-electron chi connectivity index (χ3n) is 2.88. The molecule has 17 heavy (non-hydrogen) atoms. The quantitative estimate of drug-likeness (QED) is 0.862. The molecule has 0 heterocycles. The van der Waals surface area contributed by atoms with Crippen LogP contribution in [0.1, 0.15) is 38.1 Å². The smallest absolute Gasteiger partial charge is 0.337 e. The second kappa shape index (κ2) is 4.96. The molecule has 1 rings (SSSR count). The zero-order chi connectivity index (χ0) is 13.2. The standard InChI is InChI=1S/C13H18ClNO2/c1-8(13(2,3)4)15-11-6-5-9(14)7-10(11)12(16)17/h5-8,15H,1-4H3,(H,16,17). The summed E-state index contributed by atoms with van der Waals surface area (Å²) in [6, 6.07) is 5.00. The molecule has 0 saturated carbocycles. The Morgan fingerprint density at radius 2 is 2.00 bits per heavy atom. The van der Waals surface area contributed by atoms with Crippen molar-refractivity contribution < 1.29 is 9.90 Å². The van der Waals surface area contributed by atoms with Gasteiger partial charge in [-0.1, -0.05) is 32.4 Å². The molecule has 0 saturated heterocycles. The molecule has 0 aromatic heterocycles. The summed E-state index contributed by atoms with van der Waals surface area (Å²) in [7, 11) is 0. The van der Waals surface area contributed by atoms with E-state index in [1.165, 1.54) is 6.07 Å². The van der Waals surface area contributed by atoms with E-state index in [0.29, 0.717) is 10.7 Å². The van der Waals surface area contributed by atoms with Gasteiger partial charge in [0.15, 0.2) is 0 Å². The molecule has 1 aromatic carbocycles. The zero-order valence-electron chi connectivity index (χ0n) is 10.5. The predicted octanol–water partition coefficient (Wildman–Crippen LogP) is 3.88.